The Morgan fingerprint density at radius 1 is 1.00 bits per heavy atom. The second-order valence-corrected chi connectivity index (χ2v) is 6.74. The standard InChI is InChI=1S/C18H20N6O/c25-14-5-1-4-13(10-14)11-24-12-19-15-16(22-6-2-7-22)20-18(21-17(15)24)23-8-3-9-23/h1,4-5,10,12,25H,2-3,6-9,11H2. The minimum atomic E-state index is 0.277. The lowest BCUT2D eigenvalue weighted by Gasteiger charge is -2.35. The predicted molar refractivity (Wildman–Crippen MR) is 96.2 cm³/mol. The van der Waals surface area contributed by atoms with Gasteiger partial charge in [-0.15, -0.1) is 0 Å². The zero-order valence-electron chi connectivity index (χ0n) is 14.0. The summed E-state index contributed by atoms with van der Waals surface area (Å²) >= 11 is 0. The van der Waals surface area contributed by atoms with Crippen molar-refractivity contribution in [2.45, 2.75) is 19.4 Å². The van der Waals surface area contributed by atoms with E-state index >= 15 is 0 Å². The first kappa shape index (κ1) is 14.5. The van der Waals surface area contributed by atoms with E-state index < -0.39 is 0 Å². The van der Waals surface area contributed by atoms with E-state index in [0.29, 0.717) is 6.54 Å². The normalized spacial score (nSPS) is 16.8. The van der Waals surface area contributed by atoms with Gasteiger partial charge in [0.25, 0.3) is 0 Å². The van der Waals surface area contributed by atoms with Crippen LogP contribution in [0.5, 0.6) is 5.75 Å². The monoisotopic (exact) mass is 336 g/mol. The van der Waals surface area contributed by atoms with Gasteiger partial charge in [-0.1, -0.05) is 12.1 Å². The van der Waals surface area contributed by atoms with Crippen LogP contribution in [-0.4, -0.2) is 50.8 Å². The molecule has 2 fully saturated rings. The SMILES string of the molecule is Oc1cccc(Cn2cnc3c(N4CCC4)nc(N4CCC4)nc32)c1. The highest BCUT2D eigenvalue weighted by Gasteiger charge is 2.25. The number of hydrogen-bond acceptors (Lipinski definition) is 6. The van der Waals surface area contributed by atoms with Gasteiger partial charge < -0.3 is 19.5 Å². The van der Waals surface area contributed by atoms with Gasteiger partial charge >= 0.3 is 0 Å². The van der Waals surface area contributed by atoms with Gasteiger partial charge in [0.05, 0.1) is 12.9 Å². The number of aromatic hydroxyl groups is 1. The summed E-state index contributed by atoms with van der Waals surface area (Å²) in [6, 6.07) is 7.32. The minimum Gasteiger partial charge on any atom is -0.508 e. The molecule has 0 bridgehead atoms. The quantitative estimate of drug-likeness (QED) is 0.786. The fraction of sp³-hybridized carbons (Fsp3) is 0.389. The third kappa shape index (κ3) is 2.47. The number of aromatic nitrogens is 4. The molecule has 25 heavy (non-hydrogen) atoms. The summed E-state index contributed by atoms with van der Waals surface area (Å²) in [5.41, 5.74) is 2.75. The van der Waals surface area contributed by atoms with Gasteiger partial charge in [-0.05, 0) is 30.5 Å². The first-order valence-corrected chi connectivity index (χ1v) is 8.78. The average Bonchev–Trinajstić information content (AvgIpc) is 2.87. The van der Waals surface area contributed by atoms with Crippen LogP contribution in [-0.2, 0) is 6.54 Å². The molecular formula is C18H20N6O. The Kier molecular flexibility index (Phi) is 3.26. The molecule has 0 aliphatic carbocycles. The average molecular weight is 336 g/mol. The fourth-order valence-electron chi connectivity index (χ4n) is 3.29. The van der Waals surface area contributed by atoms with Crippen LogP contribution >= 0.6 is 0 Å². The Morgan fingerprint density at radius 2 is 1.80 bits per heavy atom. The van der Waals surface area contributed by atoms with Gasteiger partial charge in [0.2, 0.25) is 5.95 Å². The summed E-state index contributed by atoms with van der Waals surface area (Å²) in [5.74, 6) is 2.03. The molecule has 7 nitrogen and oxygen atoms in total. The molecule has 0 unspecified atom stereocenters. The van der Waals surface area contributed by atoms with E-state index in [4.69, 9.17) is 9.97 Å². The summed E-state index contributed by atoms with van der Waals surface area (Å²) < 4.78 is 2.04. The number of anilines is 2. The number of hydrogen-bond donors (Lipinski definition) is 1. The van der Waals surface area contributed by atoms with Gasteiger partial charge in [-0.3, -0.25) is 0 Å². The van der Waals surface area contributed by atoms with Crippen molar-refractivity contribution in [2.75, 3.05) is 36.0 Å². The third-order valence-corrected chi connectivity index (χ3v) is 4.99. The van der Waals surface area contributed by atoms with Gasteiger partial charge in [0.1, 0.15) is 5.75 Å². The molecule has 0 amide bonds. The highest BCUT2D eigenvalue weighted by Crippen LogP contribution is 2.30. The molecule has 0 radical (unpaired) electrons. The zero-order valence-corrected chi connectivity index (χ0v) is 14.0. The Bertz CT molecular complexity index is 928. The summed E-state index contributed by atoms with van der Waals surface area (Å²) in [5, 5.41) is 9.70. The number of rotatable bonds is 4. The zero-order chi connectivity index (χ0) is 16.8. The Labute approximate surface area is 145 Å². The van der Waals surface area contributed by atoms with Crippen molar-refractivity contribution >= 4 is 22.9 Å². The first-order chi connectivity index (χ1) is 12.3. The highest BCUT2D eigenvalue weighted by molar-refractivity contribution is 5.85. The van der Waals surface area contributed by atoms with Crippen LogP contribution in [0.3, 0.4) is 0 Å². The molecule has 5 rings (SSSR count). The molecule has 2 aliphatic heterocycles. The Hall–Kier alpha value is -2.83. The van der Waals surface area contributed by atoms with Gasteiger partial charge in [0, 0.05) is 26.2 Å². The van der Waals surface area contributed by atoms with Crippen molar-refractivity contribution in [1.82, 2.24) is 19.5 Å². The molecule has 3 aromatic rings. The molecule has 2 aromatic heterocycles. The maximum absolute atomic E-state index is 9.70. The highest BCUT2D eigenvalue weighted by atomic mass is 16.3. The smallest absolute Gasteiger partial charge is 0.229 e. The number of phenolic OH excluding ortho intramolecular Hbond substituents is 1. The number of phenols is 1. The van der Waals surface area contributed by atoms with E-state index in [2.05, 4.69) is 14.8 Å². The predicted octanol–water partition coefficient (Wildman–Crippen LogP) is 2.00. The molecule has 0 atom stereocenters. The second kappa shape index (κ2) is 5.61. The molecule has 0 saturated carbocycles. The van der Waals surface area contributed by atoms with Crippen LogP contribution in [0.4, 0.5) is 11.8 Å². The molecule has 0 spiro atoms. The minimum absolute atomic E-state index is 0.277. The number of fused-ring (bicyclic) bond motifs is 1. The molecule has 2 aliphatic rings. The molecule has 1 aromatic carbocycles. The fourth-order valence-corrected chi connectivity index (χ4v) is 3.29. The van der Waals surface area contributed by atoms with Crippen molar-refractivity contribution in [3.05, 3.63) is 36.2 Å². The topological polar surface area (TPSA) is 70.3 Å². The molecule has 7 heteroatoms. The Balaban J connectivity index is 1.59. The van der Waals surface area contributed by atoms with E-state index in [1.54, 1.807) is 12.1 Å². The van der Waals surface area contributed by atoms with Crippen molar-refractivity contribution in [2.24, 2.45) is 0 Å². The maximum Gasteiger partial charge on any atom is 0.229 e. The van der Waals surface area contributed by atoms with Crippen LogP contribution in [0.25, 0.3) is 11.2 Å². The van der Waals surface area contributed by atoms with Gasteiger partial charge in [-0.2, -0.15) is 9.97 Å². The lowest BCUT2D eigenvalue weighted by molar-refractivity contribution is 0.474. The van der Waals surface area contributed by atoms with Crippen LogP contribution in [0.1, 0.15) is 18.4 Å². The third-order valence-electron chi connectivity index (χ3n) is 4.99. The van der Waals surface area contributed by atoms with Gasteiger partial charge in [-0.25, -0.2) is 4.98 Å². The lowest BCUT2D eigenvalue weighted by atomic mass is 10.2. The largest absolute Gasteiger partial charge is 0.508 e. The van der Waals surface area contributed by atoms with E-state index in [9.17, 15) is 5.11 Å². The summed E-state index contributed by atoms with van der Waals surface area (Å²) in [4.78, 5) is 18.7. The number of nitrogens with zero attached hydrogens (tertiary/aromatic N) is 6. The van der Waals surface area contributed by atoms with Crippen LogP contribution in [0, 0.1) is 0 Å². The lowest BCUT2D eigenvalue weighted by Crippen LogP contribution is -2.40. The Morgan fingerprint density at radius 3 is 2.48 bits per heavy atom. The van der Waals surface area contributed by atoms with Gasteiger partial charge in [0.15, 0.2) is 17.0 Å². The molecule has 2 saturated heterocycles. The van der Waals surface area contributed by atoms with Crippen LogP contribution in [0.15, 0.2) is 30.6 Å². The van der Waals surface area contributed by atoms with E-state index in [-0.39, 0.29) is 5.75 Å². The van der Waals surface area contributed by atoms with Crippen molar-refractivity contribution in [3.63, 3.8) is 0 Å². The van der Waals surface area contributed by atoms with Crippen LogP contribution < -0.4 is 9.80 Å². The van der Waals surface area contributed by atoms with Crippen molar-refractivity contribution in [1.29, 1.82) is 0 Å². The van der Waals surface area contributed by atoms with Crippen molar-refractivity contribution < 1.29 is 5.11 Å². The summed E-state index contributed by atoms with van der Waals surface area (Å²) in [6.45, 7) is 4.73. The summed E-state index contributed by atoms with van der Waals surface area (Å²) in [7, 11) is 0. The second-order valence-electron chi connectivity index (χ2n) is 6.74. The van der Waals surface area contributed by atoms with Crippen LogP contribution in [0.2, 0.25) is 0 Å². The number of imidazole rings is 1. The molecule has 128 valence electrons. The first-order valence-electron chi connectivity index (χ1n) is 8.78. The van der Waals surface area contributed by atoms with E-state index in [1.165, 1.54) is 12.8 Å². The van der Waals surface area contributed by atoms with Crippen molar-refractivity contribution in [3.8, 4) is 5.75 Å². The van der Waals surface area contributed by atoms with E-state index in [1.807, 2.05) is 23.0 Å². The molecule has 1 N–H and O–H groups in total. The molecular weight excluding hydrogens is 316 g/mol. The molecule has 4 heterocycles. The van der Waals surface area contributed by atoms with E-state index in [0.717, 1.165) is 54.7 Å². The maximum atomic E-state index is 9.70. The number of benzene rings is 1. The summed E-state index contributed by atoms with van der Waals surface area (Å²) in [6.07, 6.45) is 4.23.